The molecule has 2 saturated heterocycles. The van der Waals surface area contributed by atoms with Crippen LogP contribution in [0.25, 0.3) is 0 Å². The number of hydrogen-bond acceptors (Lipinski definition) is 6. The molecule has 2 fully saturated rings. The van der Waals surface area contributed by atoms with Crippen LogP contribution in [0.1, 0.15) is 57.6 Å². The van der Waals surface area contributed by atoms with Gasteiger partial charge >= 0.3 is 6.03 Å². The molecule has 9 nitrogen and oxygen atoms in total. The van der Waals surface area contributed by atoms with Gasteiger partial charge in [-0.15, -0.1) is 0 Å². The molecule has 3 amide bonds. The average molecular weight is 568 g/mol. The minimum Gasteiger partial charge on any atom is -0.501 e. The van der Waals surface area contributed by atoms with Gasteiger partial charge in [0.2, 0.25) is 5.91 Å². The lowest BCUT2D eigenvalue weighted by Gasteiger charge is -2.44. The number of likely N-dealkylation sites (N-methyl/N-ethyl adjacent to an activating group) is 1. The minimum atomic E-state index is -0.428. The van der Waals surface area contributed by atoms with E-state index in [9.17, 15) is 9.59 Å². The molecule has 1 aromatic carbocycles. The number of methoxy groups -OCH3 is 4. The van der Waals surface area contributed by atoms with Gasteiger partial charge in [0.1, 0.15) is 17.3 Å². The molecule has 0 radical (unpaired) electrons. The van der Waals surface area contributed by atoms with Crippen molar-refractivity contribution < 1.29 is 28.5 Å². The fraction of sp³-hybridized carbons (Fsp3) is 0.562. The van der Waals surface area contributed by atoms with Gasteiger partial charge in [0, 0.05) is 50.3 Å². The van der Waals surface area contributed by atoms with Crippen molar-refractivity contribution in [2.75, 3.05) is 48.1 Å². The highest BCUT2D eigenvalue weighted by molar-refractivity contribution is 5.83. The largest absolute Gasteiger partial charge is 0.501 e. The maximum atomic E-state index is 13.9. The molecule has 0 aromatic heterocycles. The van der Waals surface area contributed by atoms with Crippen LogP contribution in [0.15, 0.2) is 47.6 Å². The summed E-state index contributed by atoms with van der Waals surface area (Å²) in [5, 5.41) is 0. The second kappa shape index (κ2) is 12.9. The first-order chi connectivity index (χ1) is 19.7. The Hall–Kier alpha value is -3.62. The van der Waals surface area contributed by atoms with Gasteiger partial charge in [0.15, 0.2) is 0 Å². The Morgan fingerprint density at radius 2 is 1.80 bits per heavy atom. The number of carbonyl (C=O) groups excluding carboxylic acids is 2. The van der Waals surface area contributed by atoms with Gasteiger partial charge in [-0.25, -0.2) is 4.79 Å². The smallest absolute Gasteiger partial charge is 0.325 e. The van der Waals surface area contributed by atoms with E-state index < -0.39 is 5.54 Å². The fourth-order valence-electron chi connectivity index (χ4n) is 6.46. The van der Waals surface area contributed by atoms with Crippen molar-refractivity contribution in [3.8, 4) is 11.5 Å². The predicted molar refractivity (Wildman–Crippen MR) is 157 cm³/mol. The molecule has 3 aliphatic rings. The zero-order valence-corrected chi connectivity index (χ0v) is 25.6. The van der Waals surface area contributed by atoms with E-state index in [-0.39, 0.29) is 24.3 Å². The lowest BCUT2D eigenvalue weighted by Crippen LogP contribution is -2.54. The van der Waals surface area contributed by atoms with Crippen molar-refractivity contribution in [1.29, 1.82) is 0 Å². The molecule has 224 valence electrons. The normalized spacial score (nSPS) is 21.9. The number of ether oxygens (including phenoxy) is 4. The van der Waals surface area contributed by atoms with E-state index in [4.69, 9.17) is 18.9 Å². The molecule has 0 N–H and O–H groups in total. The van der Waals surface area contributed by atoms with Gasteiger partial charge in [-0.2, -0.15) is 0 Å². The van der Waals surface area contributed by atoms with Crippen LogP contribution >= 0.6 is 0 Å². The van der Waals surface area contributed by atoms with Crippen LogP contribution in [-0.2, 0) is 27.2 Å². The Labute approximate surface area is 244 Å². The van der Waals surface area contributed by atoms with E-state index in [1.54, 1.807) is 34.5 Å². The molecule has 3 aliphatic heterocycles. The number of allylic oxidation sites excluding steroid dienone is 3. The Bertz CT molecular complexity index is 1220. The second-order valence-corrected chi connectivity index (χ2v) is 10.9. The molecule has 3 heterocycles. The quantitative estimate of drug-likeness (QED) is 0.299. The zero-order valence-electron chi connectivity index (χ0n) is 25.6. The minimum absolute atomic E-state index is 0.0182. The number of urea groups is 1. The lowest BCUT2D eigenvalue weighted by atomic mass is 9.81. The van der Waals surface area contributed by atoms with Gasteiger partial charge in [-0.3, -0.25) is 9.69 Å². The topological polar surface area (TPSA) is 80.8 Å². The third-order valence-electron chi connectivity index (χ3n) is 8.66. The number of piperidine rings is 1. The average Bonchev–Trinajstić information content (AvgIpc) is 3.17. The molecular weight excluding hydrogens is 522 g/mol. The van der Waals surface area contributed by atoms with Crippen LogP contribution in [0.5, 0.6) is 11.5 Å². The number of amides is 3. The Morgan fingerprint density at radius 1 is 1.07 bits per heavy atom. The molecule has 1 spiro atoms. The number of hydrogen-bond donors (Lipinski definition) is 0. The highest BCUT2D eigenvalue weighted by Crippen LogP contribution is 2.47. The van der Waals surface area contributed by atoms with Gasteiger partial charge in [0.05, 0.1) is 46.3 Å². The summed E-state index contributed by atoms with van der Waals surface area (Å²) in [6, 6.07) is 3.96. The zero-order chi connectivity index (χ0) is 29.7. The number of benzene rings is 1. The van der Waals surface area contributed by atoms with E-state index in [0.29, 0.717) is 50.5 Å². The first kappa shape index (κ1) is 30.3. The number of fused-ring (bicyclic) bond motifs is 3. The van der Waals surface area contributed by atoms with Gasteiger partial charge in [-0.1, -0.05) is 19.9 Å². The van der Waals surface area contributed by atoms with E-state index in [0.717, 1.165) is 41.2 Å². The van der Waals surface area contributed by atoms with Crippen LogP contribution in [0, 0.1) is 5.92 Å². The number of nitrogens with zero attached hydrogens (tertiary/aromatic N) is 3. The predicted octanol–water partition coefficient (Wildman–Crippen LogP) is 5.26. The summed E-state index contributed by atoms with van der Waals surface area (Å²) in [7, 11) is 6.54. The summed E-state index contributed by atoms with van der Waals surface area (Å²) in [5.74, 6) is 3.16. The second-order valence-electron chi connectivity index (χ2n) is 10.9. The molecule has 0 bridgehead atoms. The van der Waals surface area contributed by atoms with Crippen molar-refractivity contribution in [1.82, 2.24) is 14.7 Å². The molecule has 9 heteroatoms. The molecule has 41 heavy (non-hydrogen) atoms. The summed E-state index contributed by atoms with van der Waals surface area (Å²) < 4.78 is 22.1. The Kier molecular flexibility index (Phi) is 9.56. The van der Waals surface area contributed by atoms with Crippen LogP contribution < -0.4 is 9.47 Å². The fourth-order valence-corrected chi connectivity index (χ4v) is 6.46. The molecule has 1 atom stereocenters. The molecule has 0 aliphatic carbocycles. The van der Waals surface area contributed by atoms with Crippen molar-refractivity contribution in [3.63, 3.8) is 0 Å². The SMILES string of the molecule is CC/C(=C\C(=C/CC(=O)N1CCC2(CC1)/C1=C/[C@H](C)Cc3c(cc(OC)cc3OC)CN1C(=O)N2CC)OC)OC. The molecule has 1 aromatic rings. The van der Waals surface area contributed by atoms with Gasteiger partial charge < -0.3 is 28.7 Å². The standard InChI is InChI=1S/C32H45N3O6/c1-8-24(38-4)19-25(39-5)10-11-30(36)33-14-12-32(13-15-33)29-17-22(3)16-27-23(18-26(40-6)20-28(27)41-7)21-34(29)31(37)35(32)9-2/h10,17-20,22H,8-9,11-16,21H2,1-7H3/b24-19+,25-10+,29-17-/t22-/m1/s1. The highest BCUT2D eigenvalue weighted by atomic mass is 16.5. The van der Waals surface area contributed by atoms with Crippen LogP contribution in [0.2, 0.25) is 0 Å². The third-order valence-corrected chi connectivity index (χ3v) is 8.66. The summed E-state index contributed by atoms with van der Waals surface area (Å²) in [6.07, 6.45) is 9.10. The highest BCUT2D eigenvalue weighted by Gasteiger charge is 2.54. The number of carbonyl (C=O) groups is 2. The summed E-state index contributed by atoms with van der Waals surface area (Å²) in [5.41, 5.74) is 2.79. The first-order valence-electron chi connectivity index (χ1n) is 14.6. The van der Waals surface area contributed by atoms with Crippen molar-refractivity contribution in [2.45, 2.75) is 65.0 Å². The molecule has 0 saturated carbocycles. The molecule has 4 rings (SSSR count). The molecular formula is C32H45N3O6. The van der Waals surface area contributed by atoms with Crippen LogP contribution in [-0.4, -0.2) is 80.3 Å². The molecule has 0 unspecified atom stereocenters. The summed E-state index contributed by atoms with van der Waals surface area (Å²) >= 11 is 0. The lowest BCUT2D eigenvalue weighted by molar-refractivity contribution is -0.132. The van der Waals surface area contributed by atoms with E-state index >= 15 is 0 Å². The van der Waals surface area contributed by atoms with Crippen molar-refractivity contribution in [2.24, 2.45) is 5.92 Å². The summed E-state index contributed by atoms with van der Waals surface area (Å²) in [4.78, 5) is 33.0. The number of rotatable bonds is 9. The van der Waals surface area contributed by atoms with Gasteiger partial charge in [0.25, 0.3) is 0 Å². The van der Waals surface area contributed by atoms with Crippen LogP contribution in [0.3, 0.4) is 0 Å². The van der Waals surface area contributed by atoms with E-state index in [1.807, 2.05) is 46.8 Å². The maximum Gasteiger partial charge on any atom is 0.325 e. The van der Waals surface area contributed by atoms with Crippen molar-refractivity contribution in [3.05, 3.63) is 58.7 Å². The monoisotopic (exact) mass is 567 g/mol. The maximum absolute atomic E-state index is 13.9. The third kappa shape index (κ3) is 5.90. The Balaban J connectivity index is 1.57. The van der Waals surface area contributed by atoms with Crippen LogP contribution in [0.4, 0.5) is 4.79 Å². The summed E-state index contributed by atoms with van der Waals surface area (Å²) in [6.45, 7) is 8.48. The number of likely N-dealkylation sites (tertiary alicyclic amines) is 1. The Morgan fingerprint density at radius 3 is 2.39 bits per heavy atom. The first-order valence-corrected chi connectivity index (χ1v) is 14.6. The van der Waals surface area contributed by atoms with E-state index in [2.05, 4.69) is 13.0 Å². The van der Waals surface area contributed by atoms with E-state index in [1.165, 1.54) is 0 Å². The van der Waals surface area contributed by atoms with Crippen molar-refractivity contribution >= 4 is 11.9 Å². The van der Waals surface area contributed by atoms with Gasteiger partial charge in [-0.05, 0) is 55.4 Å².